The van der Waals surface area contributed by atoms with E-state index in [1.54, 1.807) is 6.92 Å². The highest BCUT2D eigenvalue weighted by Gasteiger charge is 2.16. The van der Waals surface area contributed by atoms with Crippen molar-refractivity contribution in [3.8, 4) is 0 Å². The van der Waals surface area contributed by atoms with Crippen molar-refractivity contribution < 1.29 is 9.28 Å². The van der Waals surface area contributed by atoms with Crippen LogP contribution in [0.2, 0.25) is 0 Å². The van der Waals surface area contributed by atoms with E-state index in [9.17, 15) is 4.79 Å². The first-order valence-electron chi connectivity index (χ1n) is 6.90. The van der Waals surface area contributed by atoms with Crippen molar-refractivity contribution in [1.82, 2.24) is 0 Å². The Morgan fingerprint density at radius 2 is 1.59 bits per heavy atom. The second kappa shape index (κ2) is 9.41. The quantitative estimate of drug-likeness (QED) is 0.306. The molecule has 0 aliphatic carbocycles. The molecule has 0 aromatic heterocycles. The second-order valence-corrected chi connectivity index (χ2v) is 5.72. The number of ketones is 1. The lowest BCUT2D eigenvalue weighted by Gasteiger charge is -2.28. The third-order valence-corrected chi connectivity index (χ3v) is 3.07. The summed E-state index contributed by atoms with van der Waals surface area (Å²) in [6, 6.07) is 0. The summed E-state index contributed by atoms with van der Waals surface area (Å²) in [5.41, 5.74) is 0. The maximum absolute atomic E-state index is 11.1. The number of allylic oxidation sites excluding steroid dienone is 1. The Morgan fingerprint density at radius 1 is 1.06 bits per heavy atom. The van der Waals surface area contributed by atoms with Gasteiger partial charge in [0.1, 0.15) is 6.54 Å². The van der Waals surface area contributed by atoms with Crippen molar-refractivity contribution >= 4 is 5.78 Å². The highest BCUT2D eigenvalue weighted by atomic mass is 16.1. The zero-order valence-corrected chi connectivity index (χ0v) is 12.0. The summed E-state index contributed by atoms with van der Waals surface area (Å²) in [7, 11) is 4.29. The van der Waals surface area contributed by atoms with Crippen molar-refractivity contribution in [2.24, 2.45) is 0 Å². The maximum atomic E-state index is 11.1. The lowest BCUT2D eigenvalue weighted by Crippen LogP contribution is -2.43. The number of quaternary nitrogens is 1. The van der Waals surface area contributed by atoms with Gasteiger partial charge < -0.3 is 4.48 Å². The van der Waals surface area contributed by atoms with Gasteiger partial charge >= 0.3 is 0 Å². The van der Waals surface area contributed by atoms with Crippen LogP contribution in [-0.2, 0) is 4.79 Å². The number of carbonyl (C=O) groups excluding carboxylic acids is 1. The standard InChI is InChI=1S/C15H30NO/c1-5-6-7-8-9-10-11-12-13-16(3,4)14-15(2)17/h5H,1,6-14H2,2-4H3/q+1. The van der Waals surface area contributed by atoms with E-state index in [-0.39, 0.29) is 0 Å². The van der Waals surface area contributed by atoms with Crippen LogP contribution in [0.4, 0.5) is 0 Å². The van der Waals surface area contributed by atoms with Crippen LogP contribution >= 0.6 is 0 Å². The first-order valence-corrected chi connectivity index (χ1v) is 6.90. The van der Waals surface area contributed by atoms with Crippen molar-refractivity contribution in [3.05, 3.63) is 12.7 Å². The number of Topliss-reactive ketones (excluding diaryl/α,β-unsaturated/α-hetero) is 1. The fourth-order valence-electron chi connectivity index (χ4n) is 2.22. The van der Waals surface area contributed by atoms with Gasteiger partial charge in [-0.25, -0.2) is 0 Å². The first kappa shape index (κ1) is 16.4. The molecule has 0 aliphatic heterocycles. The molecule has 0 aromatic rings. The van der Waals surface area contributed by atoms with Crippen LogP contribution in [0.5, 0.6) is 0 Å². The van der Waals surface area contributed by atoms with E-state index in [4.69, 9.17) is 0 Å². The van der Waals surface area contributed by atoms with E-state index in [1.807, 2.05) is 6.08 Å². The molecule has 0 atom stereocenters. The molecule has 0 aromatic carbocycles. The van der Waals surface area contributed by atoms with Crippen LogP contribution in [0.25, 0.3) is 0 Å². The van der Waals surface area contributed by atoms with Crippen LogP contribution < -0.4 is 0 Å². The van der Waals surface area contributed by atoms with Gasteiger partial charge in [-0.2, -0.15) is 0 Å². The molecule has 17 heavy (non-hydrogen) atoms. The van der Waals surface area contributed by atoms with Crippen LogP contribution in [0, 0.1) is 0 Å². The van der Waals surface area contributed by atoms with Gasteiger partial charge in [0.25, 0.3) is 0 Å². The van der Waals surface area contributed by atoms with Gasteiger partial charge in [0.05, 0.1) is 20.6 Å². The first-order chi connectivity index (χ1) is 7.98. The average Bonchev–Trinajstić information content (AvgIpc) is 2.20. The zero-order chi connectivity index (χ0) is 13.1. The fourth-order valence-corrected chi connectivity index (χ4v) is 2.22. The van der Waals surface area contributed by atoms with Crippen molar-refractivity contribution in [2.45, 2.75) is 51.9 Å². The van der Waals surface area contributed by atoms with E-state index in [0.717, 1.165) is 17.4 Å². The van der Waals surface area contributed by atoms with E-state index >= 15 is 0 Å². The van der Waals surface area contributed by atoms with Gasteiger partial charge in [0.2, 0.25) is 0 Å². The van der Waals surface area contributed by atoms with E-state index in [1.165, 1.54) is 38.5 Å². The predicted octanol–water partition coefficient (Wildman–Crippen LogP) is 3.57. The smallest absolute Gasteiger partial charge is 0.183 e. The Morgan fingerprint density at radius 3 is 2.12 bits per heavy atom. The lowest BCUT2D eigenvalue weighted by molar-refractivity contribution is -0.882. The third-order valence-electron chi connectivity index (χ3n) is 3.07. The van der Waals surface area contributed by atoms with Crippen molar-refractivity contribution in [1.29, 1.82) is 0 Å². The Hall–Kier alpha value is -0.630. The molecular weight excluding hydrogens is 210 g/mol. The third kappa shape index (κ3) is 11.6. The molecule has 0 aliphatic rings. The summed E-state index contributed by atoms with van der Waals surface area (Å²) in [5.74, 6) is 0.291. The number of hydrogen-bond donors (Lipinski definition) is 0. The molecule has 0 heterocycles. The Bertz CT molecular complexity index is 221. The van der Waals surface area contributed by atoms with E-state index in [0.29, 0.717) is 12.3 Å². The molecule has 0 amide bonds. The summed E-state index contributed by atoms with van der Waals surface area (Å²) in [6.07, 6.45) is 11.0. The van der Waals surface area contributed by atoms with Crippen molar-refractivity contribution in [3.63, 3.8) is 0 Å². The summed E-state index contributed by atoms with van der Waals surface area (Å²) in [6.45, 7) is 7.19. The molecule has 2 nitrogen and oxygen atoms in total. The number of nitrogens with zero attached hydrogens (tertiary/aromatic N) is 1. The number of rotatable bonds is 11. The Labute approximate surface area is 107 Å². The van der Waals surface area contributed by atoms with Gasteiger partial charge in [-0.3, -0.25) is 4.79 Å². The number of carbonyl (C=O) groups is 1. The average molecular weight is 240 g/mol. The molecule has 0 saturated heterocycles. The maximum Gasteiger partial charge on any atom is 0.183 e. The van der Waals surface area contributed by atoms with Gasteiger partial charge in [0, 0.05) is 6.92 Å². The second-order valence-electron chi connectivity index (χ2n) is 5.72. The lowest BCUT2D eigenvalue weighted by atomic mass is 10.1. The summed E-state index contributed by atoms with van der Waals surface area (Å²) >= 11 is 0. The molecule has 0 bridgehead atoms. The molecule has 0 N–H and O–H groups in total. The molecule has 0 rings (SSSR count). The molecule has 100 valence electrons. The Balaban J connectivity index is 3.38. The van der Waals surface area contributed by atoms with Crippen LogP contribution in [0.15, 0.2) is 12.7 Å². The van der Waals surface area contributed by atoms with Gasteiger partial charge in [-0.05, 0) is 25.7 Å². The molecule has 0 unspecified atom stereocenters. The van der Waals surface area contributed by atoms with Gasteiger partial charge in [0.15, 0.2) is 5.78 Å². The van der Waals surface area contributed by atoms with E-state index < -0.39 is 0 Å². The highest BCUT2D eigenvalue weighted by molar-refractivity contribution is 5.76. The summed E-state index contributed by atoms with van der Waals surface area (Å²) in [5, 5.41) is 0. The number of unbranched alkanes of at least 4 members (excludes halogenated alkanes) is 6. The number of hydrogen-bond acceptors (Lipinski definition) is 1. The summed E-state index contributed by atoms with van der Waals surface area (Å²) in [4.78, 5) is 11.1. The fraction of sp³-hybridized carbons (Fsp3) is 0.800. The number of likely N-dealkylation sites (N-methyl/N-ethyl adjacent to an activating group) is 1. The van der Waals surface area contributed by atoms with Gasteiger partial charge in [-0.1, -0.05) is 25.3 Å². The molecule has 0 radical (unpaired) electrons. The van der Waals surface area contributed by atoms with E-state index in [2.05, 4.69) is 20.7 Å². The Kier molecular flexibility index (Phi) is 9.06. The minimum atomic E-state index is 0.291. The molecule has 2 heteroatoms. The molecular formula is C15H30NO+. The highest BCUT2D eigenvalue weighted by Crippen LogP contribution is 2.09. The SMILES string of the molecule is C=CCCCCCCCC[N+](C)(C)CC(C)=O. The minimum Gasteiger partial charge on any atom is -0.322 e. The van der Waals surface area contributed by atoms with Crippen molar-refractivity contribution in [2.75, 3.05) is 27.2 Å². The normalized spacial score (nSPS) is 11.5. The molecule has 0 saturated carbocycles. The minimum absolute atomic E-state index is 0.291. The monoisotopic (exact) mass is 240 g/mol. The largest absolute Gasteiger partial charge is 0.322 e. The summed E-state index contributed by atoms with van der Waals surface area (Å²) < 4.78 is 0.839. The molecule has 0 fully saturated rings. The molecule has 0 spiro atoms. The predicted molar refractivity (Wildman–Crippen MR) is 75.0 cm³/mol. The topological polar surface area (TPSA) is 17.1 Å². The van der Waals surface area contributed by atoms with Crippen LogP contribution in [0.1, 0.15) is 51.9 Å². The van der Waals surface area contributed by atoms with Crippen LogP contribution in [0.3, 0.4) is 0 Å². The van der Waals surface area contributed by atoms with Gasteiger partial charge in [-0.15, -0.1) is 6.58 Å². The van der Waals surface area contributed by atoms with Crippen LogP contribution in [-0.4, -0.2) is 37.5 Å². The zero-order valence-electron chi connectivity index (χ0n) is 12.0.